The number of ether oxygens (including phenoxy) is 2. The Kier molecular flexibility index (Phi) is 5.96. The summed E-state index contributed by atoms with van der Waals surface area (Å²) in [6, 6.07) is 0. The Bertz CT molecular complexity index is 49.3. The van der Waals surface area contributed by atoms with Crippen LogP contribution < -0.4 is 0 Å². The summed E-state index contributed by atoms with van der Waals surface area (Å²) in [5, 5.41) is 0.826. The fraction of sp³-hybridized carbons (Fsp3) is 1.00. The molecule has 0 aromatic heterocycles. The van der Waals surface area contributed by atoms with E-state index in [1.165, 1.54) is 0 Å². The molecule has 8 heavy (non-hydrogen) atoms. The van der Waals surface area contributed by atoms with Gasteiger partial charge in [0.25, 0.3) is 0 Å². The lowest BCUT2D eigenvalue weighted by Gasteiger charge is -2.09. The minimum Gasteiger partial charge on any atom is -0.360 e. The highest BCUT2D eigenvalue weighted by atomic mass is 32.1. The van der Waals surface area contributed by atoms with Gasteiger partial charge in [0.05, 0.1) is 0 Å². The highest BCUT2D eigenvalue weighted by Crippen LogP contribution is 1.87. The Balaban J connectivity index is 3.07. The monoisotopic (exact) mass is 150 g/mol. The van der Waals surface area contributed by atoms with E-state index in [9.17, 15) is 0 Å². The molecule has 0 amide bonds. The zero-order valence-electron chi connectivity index (χ0n) is 5.05. The van der Waals surface area contributed by atoms with Gasteiger partial charge in [-0.15, -0.1) is 0 Å². The molecule has 0 aliphatic carbocycles. The smallest absolute Gasteiger partial charge is 0.137 e. The van der Waals surface area contributed by atoms with Crippen LogP contribution in [0.15, 0.2) is 0 Å². The first-order valence-corrected chi connectivity index (χ1v) is 4.16. The molecule has 48 valence electrons. The third-order valence-corrected chi connectivity index (χ3v) is 2.22. The molecule has 0 aromatic rings. The van der Waals surface area contributed by atoms with Crippen LogP contribution in [0.5, 0.6) is 0 Å². The van der Waals surface area contributed by atoms with E-state index < -0.39 is 0 Å². The second-order valence-corrected chi connectivity index (χ2v) is 3.31. The first kappa shape index (κ1) is 8.49. The van der Waals surface area contributed by atoms with E-state index in [1.807, 2.05) is 0 Å². The minimum atomic E-state index is -0.0486. The third-order valence-electron chi connectivity index (χ3n) is 0.686. The Labute approximate surface area is 57.8 Å². The van der Waals surface area contributed by atoms with Crippen molar-refractivity contribution in [3.05, 3.63) is 0 Å². The van der Waals surface area contributed by atoms with Crippen LogP contribution in [0.2, 0.25) is 0 Å². The van der Waals surface area contributed by atoms with Crippen LogP contribution in [0.25, 0.3) is 0 Å². The van der Waals surface area contributed by atoms with Crippen LogP contribution in [-0.4, -0.2) is 35.0 Å². The van der Waals surface area contributed by atoms with Gasteiger partial charge in [-0.05, 0) is 5.38 Å². The molecule has 0 atom stereocenters. The molecule has 0 fully saturated rings. The van der Waals surface area contributed by atoms with Crippen LogP contribution in [0.1, 0.15) is 0 Å². The molecule has 0 N–H and O–H groups in total. The summed E-state index contributed by atoms with van der Waals surface area (Å²) < 4.78 is 9.76. The van der Waals surface area contributed by atoms with Gasteiger partial charge in [0, 0.05) is 14.2 Å². The second-order valence-electron chi connectivity index (χ2n) is 1.17. The standard InChI is InChI=1S/C4H10O2SSi/c1-5-4(6-2)8-3-7/h4,7H,3H2,1-2H3. The van der Waals surface area contributed by atoms with Gasteiger partial charge < -0.3 is 9.47 Å². The van der Waals surface area contributed by atoms with Gasteiger partial charge in [-0.1, -0.05) is 0 Å². The molecule has 0 aliphatic heterocycles. The first-order valence-electron chi connectivity index (χ1n) is 2.25. The SMILES string of the molecule is COC(OC)[Si]CS. The molecule has 0 aliphatic rings. The minimum absolute atomic E-state index is 0.0486. The molecular weight excluding hydrogens is 140 g/mol. The summed E-state index contributed by atoms with van der Waals surface area (Å²) in [4.78, 5) is 0. The highest BCUT2D eigenvalue weighted by Gasteiger charge is 2.02. The Morgan fingerprint density at radius 2 is 2.00 bits per heavy atom. The summed E-state index contributed by atoms with van der Waals surface area (Å²) >= 11 is 4.02. The lowest BCUT2D eigenvalue weighted by molar-refractivity contribution is -0.0436. The normalized spacial score (nSPS) is 10.5. The van der Waals surface area contributed by atoms with E-state index in [0.717, 1.165) is 5.38 Å². The van der Waals surface area contributed by atoms with Crippen molar-refractivity contribution < 1.29 is 9.47 Å². The molecule has 0 saturated heterocycles. The van der Waals surface area contributed by atoms with E-state index in [4.69, 9.17) is 9.47 Å². The summed E-state index contributed by atoms with van der Waals surface area (Å²) in [5.41, 5.74) is 0. The Morgan fingerprint density at radius 3 is 2.12 bits per heavy atom. The maximum Gasteiger partial charge on any atom is 0.137 e. The van der Waals surface area contributed by atoms with Gasteiger partial charge in [0.15, 0.2) is 0 Å². The molecule has 0 saturated carbocycles. The van der Waals surface area contributed by atoms with E-state index in [1.54, 1.807) is 14.2 Å². The average molecular weight is 150 g/mol. The number of methoxy groups -OCH3 is 2. The molecule has 0 aromatic carbocycles. The predicted molar refractivity (Wildman–Crippen MR) is 37.4 cm³/mol. The van der Waals surface area contributed by atoms with Crippen molar-refractivity contribution in [2.75, 3.05) is 19.6 Å². The molecule has 0 unspecified atom stereocenters. The second kappa shape index (κ2) is 5.62. The van der Waals surface area contributed by atoms with Gasteiger partial charge in [-0.25, -0.2) is 0 Å². The van der Waals surface area contributed by atoms with Gasteiger partial charge in [0.2, 0.25) is 0 Å². The molecule has 0 spiro atoms. The lowest BCUT2D eigenvalue weighted by Crippen LogP contribution is -2.22. The quantitative estimate of drug-likeness (QED) is 0.349. The van der Waals surface area contributed by atoms with Crippen LogP contribution in [0, 0.1) is 0 Å². The lowest BCUT2D eigenvalue weighted by atomic mass is 11.3. The van der Waals surface area contributed by atoms with Crippen LogP contribution in [-0.2, 0) is 9.47 Å². The summed E-state index contributed by atoms with van der Waals surface area (Å²) in [5.74, 6) is -0.0486. The Hall–Kier alpha value is 0.487. The van der Waals surface area contributed by atoms with E-state index in [2.05, 4.69) is 12.6 Å². The first-order chi connectivity index (χ1) is 3.85. The average Bonchev–Trinajstić information content (AvgIpc) is 1.83. The maximum absolute atomic E-state index is 4.88. The largest absolute Gasteiger partial charge is 0.360 e. The zero-order valence-corrected chi connectivity index (χ0v) is 6.94. The number of hydrogen-bond acceptors (Lipinski definition) is 3. The fourth-order valence-corrected chi connectivity index (χ4v) is 1.27. The fourth-order valence-electron chi connectivity index (χ4n) is 0.337. The van der Waals surface area contributed by atoms with Gasteiger partial charge in [-0.2, -0.15) is 12.6 Å². The van der Waals surface area contributed by atoms with E-state index in [0.29, 0.717) is 9.52 Å². The molecule has 0 bridgehead atoms. The van der Waals surface area contributed by atoms with Gasteiger partial charge in [-0.3, -0.25) is 0 Å². The van der Waals surface area contributed by atoms with Gasteiger partial charge >= 0.3 is 0 Å². The number of hydrogen-bond donors (Lipinski definition) is 1. The predicted octanol–water partition coefficient (Wildman–Crippen LogP) is 0.154. The maximum atomic E-state index is 4.88. The summed E-state index contributed by atoms with van der Waals surface area (Å²) in [6.07, 6.45) is 0. The van der Waals surface area contributed by atoms with Gasteiger partial charge in [0.1, 0.15) is 15.4 Å². The van der Waals surface area contributed by atoms with Crippen LogP contribution >= 0.6 is 12.6 Å². The van der Waals surface area contributed by atoms with Crippen molar-refractivity contribution in [2.45, 2.75) is 5.91 Å². The van der Waals surface area contributed by atoms with Crippen molar-refractivity contribution in [2.24, 2.45) is 0 Å². The third kappa shape index (κ3) is 3.48. The zero-order chi connectivity index (χ0) is 6.41. The van der Waals surface area contributed by atoms with Crippen molar-refractivity contribution in [3.8, 4) is 0 Å². The van der Waals surface area contributed by atoms with Crippen LogP contribution in [0.4, 0.5) is 0 Å². The van der Waals surface area contributed by atoms with Crippen molar-refractivity contribution in [3.63, 3.8) is 0 Å². The van der Waals surface area contributed by atoms with Crippen molar-refractivity contribution in [1.29, 1.82) is 0 Å². The number of thiol groups is 1. The molecular formula is C4H10O2SSi. The van der Waals surface area contributed by atoms with Crippen molar-refractivity contribution in [1.82, 2.24) is 0 Å². The molecule has 2 nitrogen and oxygen atoms in total. The van der Waals surface area contributed by atoms with E-state index >= 15 is 0 Å². The topological polar surface area (TPSA) is 18.5 Å². The Morgan fingerprint density at radius 1 is 1.50 bits per heavy atom. The van der Waals surface area contributed by atoms with E-state index in [-0.39, 0.29) is 5.91 Å². The molecule has 2 radical (unpaired) electrons. The van der Waals surface area contributed by atoms with Crippen molar-refractivity contribution >= 4 is 22.1 Å². The van der Waals surface area contributed by atoms with Crippen LogP contribution in [0.3, 0.4) is 0 Å². The summed E-state index contributed by atoms with van der Waals surface area (Å²) in [6.45, 7) is 0. The highest BCUT2D eigenvalue weighted by molar-refractivity contribution is 7.81. The number of rotatable bonds is 4. The molecule has 0 heterocycles. The molecule has 0 rings (SSSR count). The summed E-state index contributed by atoms with van der Waals surface area (Å²) in [7, 11) is 3.88. The molecule has 4 heteroatoms.